The van der Waals surface area contributed by atoms with E-state index in [0.29, 0.717) is 29.4 Å². The molecule has 2 fully saturated rings. The van der Waals surface area contributed by atoms with Gasteiger partial charge in [0.2, 0.25) is 5.91 Å². The Balaban J connectivity index is 1.23. The highest BCUT2D eigenvalue weighted by molar-refractivity contribution is 6.34. The molecule has 1 aliphatic heterocycles. The summed E-state index contributed by atoms with van der Waals surface area (Å²) in [7, 11) is 0. The van der Waals surface area contributed by atoms with E-state index in [9.17, 15) is 14.4 Å². The minimum Gasteiger partial charge on any atom is -0.368 e. The van der Waals surface area contributed by atoms with Gasteiger partial charge in [-0.2, -0.15) is 0 Å². The zero-order valence-electron chi connectivity index (χ0n) is 17.6. The molecule has 4 amide bonds. The second kappa shape index (κ2) is 9.91. The van der Waals surface area contributed by atoms with Crippen LogP contribution in [-0.4, -0.2) is 61.5 Å². The molecule has 2 aliphatic rings. The maximum Gasteiger partial charge on any atom is 0.319 e. The molecule has 4 rings (SSSR count). The number of benzene rings is 2. The highest BCUT2D eigenvalue weighted by atomic mass is 35.5. The molecule has 2 aromatic rings. The van der Waals surface area contributed by atoms with Gasteiger partial charge >= 0.3 is 6.03 Å². The van der Waals surface area contributed by atoms with Crippen molar-refractivity contribution in [2.45, 2.75) is 18.9 Å². The number of piperazine rings is 1. The number of carbonyl (C=O) groups excluding carboxylic acids is 3. The molecule has 0 unspecified atom stereocenters. The van der Waals surface area contributed by atoms with Crippen LogP contribution in [-0.2, 0) is 4.79 Å². The average Bonchev–Trinajstić information content (AvgIpc) is 3.63. The first-order valence-corrected chi connectivity index (χ1v) is 11.1. The first kappa shape index (κ1) is 22.0. The van der Waals surface area contributed by atoms with E-state index in [4.69, 9.17) is 11.6 Å². The second-order valence-electron chi connectivity index (χ2n) is 7.95. The molecule has 3 N–H and O–H groups in total. The van der Waals surface area contributed by atoms with Gasteiger partial charge < -0.3 is 25.8 Å². The molecule has 32 heavy (non-hydrogen) atoms. The van der Waals surface area contributed by atoms with Crippen LogP contribution in [0.2, 0.25) is 5.02 Å². The molecule has 1 heterocycles. The Morgan fingerprint density at radius 2 is 1.69 bits per heavy atom. The van der Waals surface area contributed by atoms with Crippen molar-refractivity contribution in [3.05, 3.63) is 59.1 Å². The van der Waals surface area contributed by atoms with Crippen LogP contribution in [0.15, 0.2) is 48.5 Å². The van der Waals surface area contributed by atoms with Gasteiger partial charge in [0.1, 0.15) is 0 Å². The summed E-state index contributed by atoms with van der Waals surface area (Å²) in [6, 6.07) is 14.5. The number of urea groups is 1. The SMILES string of the molecule is O=C(NCC(=O)N1CCN(c2ccccc2)CC1)Nc1ccc(Cl)c(C(=O)NC2CC2)c1. The minimum absolute atomic E-state index is 0.0974. The largest absolute Gasteiger partial charge is 0.368 e. The fourth-order valence-corrected chi connectivity index (χ4v) is 3.77. The van der Waals surface area contributed by atoms with Crippen LogP contribution in [0.25, 0.3) is 0 Å². The van der Waals surface area contributed by atoms with Crippen LogP contribution >= 0.6 is 11.6 Å². The van der Waals surface area contributed by atoms with Crippen molar-refractivity contribution in [2.75, 3.05) is 42.9 Å². The van der Waals surface area contributed by atoms with E-state index in [-0.39, 0.29) is 24.4 Å². The fourth-order valence-electron chi connectivity index (χ4n) is 3.56. The molecule has 9 heteroatoms. The molecule has 0 radical (unpaired) electrons. The summed E-state index contributed by atoms with van der Waals surface area (Å²) in [6.45, 7) is 2.61. The molecule has 168 valence electrons. The second-order valence-corrected chi connectivity index (χ2v) is 8.36. The van der Waals surface area contributed by atoms with Gasteiger partial charge in [0.15, 0.2) is 0 Å². The molecule has 0 aromatic heterocycles. The van der Waals surface area contributed by atoms with E-state index in [0.717, 1.165) is 31.6 Å². The van der Waals surface area contributed by atoms with Gasteiger partial charge in [-0.1, -0.05) is 29.8 Å². The number of hydrogen-bond donors (Lipinski definition) is 3. The standard InChI is InChI=1S/C23H26ClN5O3/c24-20-9-8-17(14-19(20)22(31)26-16-6-7-16)27-23(32)25-15-21(30)29-12-10-28(11-13-29)18-4-2-1-3-5-18/h1-5,8-9,14,16H,6-7,10-13,15H2,(H,26,31)(H2,25,27,32). The Hall–Kier alpha value is -3.26. The van der Waals surface area contributed by atoms with Crippen molar-refractivity contribution in [3.8, 4) is 0 Å². The maximum absolute atomic E-state index is 12.5. The lowest BCUT2D eigenvalue weighted by molar-refractivity contribution is -0.130. The number of halogens is 1. The molecule has 1 saturated heterocycles. The number of nitrogens with zero attached hydrogens (tertiary/aromatic N) is 2. The molecule has 0 bridgehead atoms. The van der Waals surface area contributed by atoms with Gasteiger partial charge in [-0.3, -0.25) is 9.59 Å². The number of para-hydroxylation sites is 1. The fraction of sp³-hybridized carbons (Fsp3) is 0.348. The summed E-state index contributed by atoms with van der Waals surface area (Å²) < 4.78 is 0. The molecule has 8 nitrogen and oxygen atoms in total. The van der Waals surface area contributed by atoms with Crippen molar-refractivity contribution in [2.24, 2.45) is 0 Å². The summed E-state index contributed by atoms with van der Waals surface area (Å²) in [5.41, 5.74) is 1.88. The lowest BCUT2D eigenvalue weighted by Gasteiger charge is -2.36. The Morgan fingerprint density at radius 1 is 0.969 bits per heavy atom. The number of hydrogen-bond acceptors (Lipinski definition) is 4. The minimum atomic E-state index is -0.517. The highest BCUT2D eigenvalue weighted by Gasteiger charge is 2.25. The van der Waals surface area contributed by atoms with Gasteiger partial charge in [0.05, 0.1) is 17.1 Å². The normalized spacial score (nSPS) is 15.8. The summed E-state index contributed by atoms with van der Waals surface area (Å²) in [5, 5.41) is 8.44. The van der Waals surface area contributed by atoms with E-state index >= 15 is 0 Å². The Bertz CT molecular complexity index is 988. The zero-order valence-corrected chi connectivity index (χ0v) is 18.4. The monoisotopic (exact) mass is 455 g/mol. The highest BCUT2D eigenvalue weighted by Crippen LogP contribution is 2.24. The van der Waals surface area contributed by atoms with E-state index < -0.39 is 6.03 Å². The molecule has 1 saturated carbocycles. The average molecular weight is 456 g/mol. The van der Waals surface area contributed by atoms with Gasteiger partial charge in [-0.15, -0.1) is 0 Å². The lowest BCUT2D eigenvalue weighted by atomic mass is 10.2. The van der Waals surface area contributed by atoms with Crippen molar-refractivity contribution >= 4 is 40.8 Å². The van der Waals surface area contributed by atoms with E-state index in [2.05, 4.69) is 33.0 Å². The van der Waals surface area contributed by atoms with Crippen molar-refractivity contribution < 1.29 is 14.4 Å². The predicted molar refractivity (Wildman–Crippen MR) is 124 cm³/mol. The topological polar surface area (TPSA) is 93.8 Å². The van der Waals surface area contributed by atoms with E-state index in [1.165, 1.54) is 6.07 Å². The molecule has 0 spiro atoms. The summed E-state index contributed by atoms with van der Waals surface area (Å²) >= 11 is 6.13. The van der Waals surface area contributed by atoms with Gasteiger partial charge in [0, 0.05) is 43.6 Å². The quantitative estimate of drug-likeness (QED) is 0.624. The van der Waals surface area contributed by atoms with Gasteiger partial charge in [0.25, 0.3) is 5.91 Å². The number of anilines is 2. The van der Waals surface area contributed by atoms with Crippen LogP contribution < -0.4 is 20.9 Å². The Labute approximate surface area is 191 Å². The molecule has 0 atom stereocenters. The molecular weight excluding hydrogens is 430 g/mol. The van der Waals surface area contributed by atoms with Crippen LogP contribution in [0.5, 0.6) is 0 Å². The van der Waals surface area contributed by atoms with Gasteiger partial charge in [-0.05, 0) is 43.2 Å². The number of amides is 4. The number of carbonyl (C=O) groups is 3. The summed E-state index contributed by atoms with van der Waals surface area (Å²) in [4.78, 5) is 41.0. The van der Waals surface area contributed by atoms with Crippen molar-refractivity contribution in [3.63, 3.8) is 0 Å². The molecule has 1 aliphatic carbocycles. The van der Waals surface area contributed by atoms with Crippen LogP contribution in [0.3, 0.4) is 0 Å². The lowest BCUT2D eigenvalue weighted by Crippen LogP contribution is -2.51. The summed E-state index contributed by atoms with van der Waals surface area (Å²) in [6.07, 6.45) is 1.94. The molecule has 2 aromatic carbocycles. The number of rotatable bonds is 6. The predicted octanol–water partition coefficient (Wildman–Crippen LogP) is 2.70. The van der Waals surface area contributed by atoms with E-state index in [1.807, 2.05) is 18.2 Å². The van der Waals surface area contributed by atoms with Gasteiger partial charge in [-0.25, -0.2) is 4.79 Å². The van der Waals surface area contributed by atoms with Crippen molar-refractivity contribution in [1.82, 2.24) is 15.5 Å². The zero-order chi connectivity index (χ0) is 22.5. The first-order valence-electron chi connectivity index (χ1n) is 10.7. The molecular formula is C23H26ClN5O3. The van der Waals surface area contributed by atoms with Crippen LogP contribution in [0, 0.1) is 0 Å². The third-order valence-corrected chi connectivity index (χ3v) is 5.86. The third kappa shape index (κ3) is 5.70. The number of nitrogens with one attached hydrogen (secondary N) is 3. The van der Waals surface area contributed by atoms with Crippen molar-refractivity contribution in [1.29, 1.82) is 0 Å². The Kier molecular flexibility index (Phi) is 6.80. The van der Waals surface area contributed by atoms with Crippen LogP contribution in [0.4, 0.5) is 16.2 Å². The maximum atomic E-state index is 12.5. The first-order chi connectivity index (χ1) is 15.5. The van der Waals surface area contributed by atoms with Crippen LogP contribution in [0.1, 0.15) is 23.2 Å². The Morgan fingerprint density at radius 3 is 2.38 bits per heavy atom. The smallest absolute Gasteiger partial charge is 0.319 e. The summed E-state index contributed by atoms with van der Waals surface area (Å²) in [5.74, 6) is -0.389. The third-order valence-electron chi connectivity index (χ3n) is 5.54. The van der Waals surface area contributed by atoms with E-state index in [1.54, 1.807) is 17.0 Å².